The number of aldehydes is 1. The van der Waals surface area contributed by atoms with Crippen LogP contribution in [0.3, 0.4) is 0 Å². The van der Waals surface area contributed by atoms with Crippen LogP contribution < -0.4 is 5.73 Å². The van der Waals surface area contributed by atoms with E-state index in [0.29, 0.717) is 11.2 Å². The van der Waals surface area contributed by atoms with Crippen LogP contribution in [0.2, 0.25) is 0 Å². The van der Waals surface area contributed by atoms with Crippen molar-refractivity contribution in [2.45, 2.75) is 12.3 Å². The number of nitrogens with zero attached hydrogens (tertiary/aromatic N) is 4. The monoisotopic (exact) mass is 249 g/mol. The minimum atomic E-state index is -0.501. The van der Waals surface area contributed by atoms with Gasteiger partial charge in [0.15, 0.2) is 11.5 Å². The van der Waals surface area contributed by atoms with Gasteiger partial charge in [0, 0.05) is 0 Å². The lowest BCUT2D eigenvalue weighted by atomic mass is 9.96. The summed E-state index contributed by atoms with van der Waals surface area (Å²) in [7, 11) is 0. The number of ether oxygens (including phenoxy) is 1. The number of hydrogen-bond acceptors (Lipinski definition) is 7. The largest absolute Gasteiger partial charge is 0.394 e. The van der Waals surface area contributed by atoms with Crippen LogP contribution in [-0.4, -0.2) is 43.6 Å². The molecule has 3 heterocycles. The number of aliphatic hydroxyl groups is 1. The van der Waals surface area contributed by atoms with Gasteiger partial charge in [0.05, 0.1) is 25.0 Å². The number of aliphatic hydroxyl groups excluding tert-OH is 1. The molecule has 0 aromatic carbocycles. The lowest BCUT2D eigenvalue weighted by Gasteiger charge is -2.41. The van der Waals surface area contributed by atoms with Gasteiger partial charge in [-0.2, -0.15) is 0 Å². The van der Waals surface area contributed by atoms with Gasteiger partial charge in [-0.1, -0.05) is 0 Å². The van der Waals surface area contributed by atoms with Crippen molar-refractivity contribution < 1.29 is 14.6 Å². The summed E-state index contributed by atoms with van der Waals surface area (Å²) in [6, 6.07) is 0. The van der Waals surface area contributed by atoms with Crippen molar-refractivity contribution in [3.05, 3.63) is 12.7 Å². The summed E-state index contributed by atoms with van der Waals surface area (Å²) < 4.78 is 7.05. The first kappa shape index (κ1) is 11.1. The fourth-order valence-electron chi connectivity index (χ4n) is 2.08. The third-order valence-corrected chi connectivity index (χ3v) is 3.07. The molecular weight excluding hydrogens is 238 g/mol. The van der Waals surface area contributed by atoms with Crippen molar-refractivity contribution in [3.8, 4) is 0 Å². The Balaban J connectivity index is 2.01. The summed E-state index contributed by atoms with van der Waals surface area (Å²) in [6.07, 6.45) is 2.63. The number of aromatic nitrogens is 4. The van der Waals surface area contributed by atoms with E-state index in [-0.39, 0.29) is 12.4 Å². The summed E-state index contributed by atoms with van der Waals surface area (Å²) in [5, 5.41) is 9.01. The van der Waals surface area contributed by atoms with Crippen LogP contribution in [0.15, 0.2) is 12.7 Å². The Hall–Kier alpha value is -2.06. The number of hydrogen-bond donors (Lipinski definition) is 2. The Labute approximate surface area is 101 Å². The van der Waals surface area contributed by atoms with Gasteiger partial charge >= 0.3 is 0 Å². The number of imidazole rings is 1. The SMILES string of the molecule is Nc1ncnc2c1ncn2[C@@H]1O[C@H](CO)C1C=O. The van der Waals surface area contributed by atoms with E-state index in [1.54, 1.807) is 4.57 Å². The van der Waals surface area contributed by atoms with E-state index >= 15 is 0 Å². The molecule has 0 spiro atoms. The minimum absolute atomic E-state index is 0.191. The van der Waals surface area contributed by atoms with Crippen LogP contribution >= 0.6 is 0 Å². The van der Waals surface area contributed by atoms with Crippen molar-refractivity contribution in [1.82, 2.24) is 19.5 Å². The highest BCUT2D eigenvalue weighted by Crippen LogP contribution is 2.37. The Morgan fingerprint density at radius 1 is 1.50 bits per heavy atom. The second kappa shape index (κ2) is 4.00. The third-order valence-electron chi connectivity index (χ3n) is 3.07. The molecule has 1 aliphatic rings. The maximum Gasteiger partial charge on any atom is 0.167 e. The molecule has 3 N–H and O–H groups in total. The average Bonchev–Trinajstić information content (AvgIpc) is 2.75. The topological polar surface area (TPSA) is 116 Å². The average molecular weight is 249 g/mol. The van der Waals surface area contributed by atoms with Gasteiger partial charge in [0.25, 0.3) is 0 Å². The molecule has 1 unspecified atom stereocenters. The van der Waals surface area contributed by atoms with Crippen molar-refractivity contribution in [2.24, 2.45) is 5.92 Å². The lowest BCUT2D eigenvalue weighted by Crippen LogP contribution is -2.48. The molecule has 3 atom stereocenters. The fourth-order valence-corrected chi connectivity index (χ4v) is 2.08. The summed E-state index contributed by atoms with van der Waals surface area (Å²) in [5.74, 6) is -0.136. The summed E-state index contributed by atoms with van der Waals surface area (Å²) in [4.78, 5) is 23.0. The lowest BCUT2D eigenvalue weighted by molar-refractivity contribution is -0.223. The molecule has 94 valence electrons. The molecule has 18 heavy (non-hydrogen) atoms. The predicted molar refractivity (Wildman–Crippen MR) is 60.3 cm³/mol. The number of nitrogen functional groups attached to an aromatic ring is 1. The van der Waals surface area contributed by atoms with E-state index in [0.717, 1.165) is 6.29 Å². The minimum Gasteiger partial charge on any atom is -0.394 e. The molecule has 3 rings (SSSR count). The van der Waals surface area contributed by atoms with Crippen LogP contribution in [0.25, 0.3) is 11.2 Å². The standard InChI is InChI=1S/C10H11N5O3/c11-8-7-9(13-3-12-8)15(4-14-7)10-5(1-16)6(2-17)18-10/h1,3-6,10,17H,2H2,(H2,11,12,13)/t5?,6-,10-/m1/s1. The zero-order chi connectivity index (χ0) is 12.7. The van der Waals surface area contributed by atoms with Crippen molar-refractivity contribution in [1.29, 1.82) is 0 Å². The van der Waals surface area contributed by atoms with Crippen molar-refractivity contribution >= 4 is 23.3 Å². The first-order valence-corrected chi connectivity index (χ1v) is 5.41. The Kier molecular flexibility index (Phi) is 2.46. The molecule has 1 saturated heterocycles. The molecule has 0 amide bonds. The number of anilines is 1. The highest BCUT2D eigenvalue weighted by Gasteiger charge is 2.43. The highest BCUT2D eigenvalue weighted by atomic mass is 16.5. The zero-order valence-corrected chi connectivity index (χ0v) is 9.30. The molecule has 8 heteroatoms. The van der Waals surface area contributed by atoms with E-state index in [4.69, 9.17) is 15.6 Å². The van der Waals surface area contributed by atoms with Crippen molar-refractivity contribution in [2.75, 3.05) is 12.3 Å². The van der Waals surface area contributed by atoms with Gasteiger partial charge in [0.1, 0.15) is 24.4 Å². The van der Waals surface area contributed by atoms with Gasteiger partial charge in [-0.25, -0.2) is 15.0 Å². The zero-order valence-electron chi connectivity index (χ0n) is 9.30. The van der Waals surface area contributed by atoms with Gasteiger partial charge < -0.3 is 20.4 Å². The van der Waals surface area contributed by atoms with Gasteiger partial charge in [-0.15, -0.1) is 0 Å². The van der Waals surface area contributed by atoms with Gasteiger partial charge in [-0.05, 0) is 0 Å². The molecule has 8 nitrogen and oxygen atoms in total. The quantitative estimate of drug-likeness (QED) is 0.678. The molecule has 2 aromatic rings. The number of rotatable bonds is 3. The summed E-state index contributed by atoms with van der Waals surface area (Å²) >= 11 is 0. The van der Waals surface area contributed by atoms with Crippen LogP contribution in [-0.2, 0) is 9.53 Å². The van der Waals surface area contributed by atoms with Gasteiger partial charge in [-0.3, -0.25) is 4.57 Å². The van der Waals surface area contributed by atoms with Crippen LogP contribution in [0.4, 0.5) is 5.82 Å². The number of carbonyl (C=O) groups excluding carboxylic acids is 1. The maximum atomic E-state index is 11.0. The molecule has 0 saturated carbocycles. The van der Waals surface area contributed by atoms with Crippen LogP contribution in [0.1, 0.15) is 6.23 Å². The molecule has 0 bridgehead atoms. The van der Waals surface area contributed by atoms with E-state index in [1.807, 2.05) is 0 Å². The Morgan fingerprint density at radius 3 is 3.06 bits per heavy atom. The van der Waals surface area contributed by atoms with E-state index in [2.05, 4.69) is 15.0 Å². The summed E-state index contributed by atoms with van der Waals surface area (Å²) in [6.45, 7) is -0.191. The summed E-state index contributed by atoms with van der Waals surface area (Å²) in [5.41, 5.74) is 6.65. The van der Waals surface area contributed by atoms with E-state index in [1.165, 1.54) is 12.7 Å². The smallest absolute Gasteiger partial charge is 0.167 e. The van der Waals surface area contributed by atoms with E-state index in [9.17, 15) is 4.79 Å². The van der Waals surface area contributed by atoms with E-state index < -0.39 is 18.2 Å². The first-order chi connectivity index (χ1) is 8.76. The predicted octanol–water partition coefficient (Wildman–Crippen LogP) is -0.887. The van der Waals surface area contributed by atoms with Crippen LogP contribution in [0, 0.1) is 5.92 Å². The second-order valence-corrected chi connectivity index (χ2v) is 4.04. The molecule has 1 fully saturated rings. The molecule has 0 radical (unpaired) electrons. The number of fused-ring (bicyclic) bond motifs is 1. The Bertz CT molecular complexity index is 598. The first-order valence-electron chi connectivity index (χ1n) is 5.41. The fraction of sp³-hybridized carbons (Fsp3) is 0.400. The number of nitrogens with two attached hydrogens (primary N) is 1. The van der Waals surface area contributed by atoms with Crippen LogP contribution in [0.5, 0.6) is 0 Å². The maximum absolute atomic E-state index is 11.0. The van der Waals surface area contributed by atoms with Gasteiger partial charge in [0.2, 0.25) is 0 Å². The second-order valence-electron chi connectivity index (χ2n) is 4.04. The molecule has 1 aliphatic heterocycles. The molecule has 2 aromatic heterocycles. The number of carbonyl (C=O) groups is 1. The highest BCUT2D eigenvalue weighted by molar-refractivity contribution is 5.81. The molecule has 0 aliphatic carbocycles. The Morgan fingerprint density at radius 2 is 2.33 bits per heavy atom. The third kappa shape index (κ3) is 1.39. The van der Waals surface area contributed by atoms with Crippen molar-refractivity contribution in [3.63, 3.8) is 0 Å². The normalized spacial score (nSPS) is 27.1. The molecular formula is C10H11N5O3.